The van der Waals surface area contributed by atoms with Crippen LogP contribution in [0.25, 0.3) is 33.5 Å². The number of nitrogens with zero attached hydrogens (tertiary/aromatic N) is 1. The molecule has 4 aromatic carbocycles. The maximum absolute atomic E-state index is 15.2. The van der Waals surface area contributed by atoms with E-state index in [4.69, 9.17) is 0 Å². The number of hydrogen-bond donors (Lipinski definition) is 0. The number of pyridine rings is 1. The van der Waals surface area contributed by atoms with E-state index < -0.39 is 69.7 Å². The van der Waals surface area contributed by atoms with E-state index >= 15 is 8.78 Å². The minimum Gasteiger partial charge on any atom is -0.429 e. The van der Waals surface area contributed by atoms with E-state index in [1.54, 1.807) is 24.4 Å². The summed E-state index contributed by atoms with van der Waals surface area (Å²) in [5.41, 5.74) is -0.801. The highest BCUT2D eigenvalue weighted by Crippen LogP contribution is 2.39. The van der Waals surface area contributed by atoms with Crippen LogP contribution in [-0.4, -0.2) is 11.3 Å². The number of halogens is 10. The van der Waals surface area contributed by atoms with E-state index in [2.05, 4.69) is 21.0 Å². The van der Waals surface area contributed by atoms with Crippen LogP contribution in [0.15, 0.2) is 97.7 Å². The fraction of sp³-hybridized carbons (Fsp3) is 0.114. The highest BCUT2D eigenvalue weighted by atomic mass is 19.4. The molecule has 1 heterocycles. The zero-order valence-corrected chi connectivity index (χ0v) is 24.3. The molecule has 1 aromatic heterocycles. The van der Waals surface area contributed by atoms with Crippen molar-refractivity contribution in [2.24, 2.45) is 0 Å². The first-order chi connectivity index (χ1) is 22.6. The van der Waals surface area contributed by atoms with Gasteiger partial charge in [0, 0.05) is 29.0 Å². The van der Waals surface area contributed by atoms with Crippen LogP contribution in [0.2, 0.25) is 0 Å². The van der Waals surface area contributed by atoms with Crippen molar-refractivity contribution in [2.75, 3.05) is 0 Å². The molecule has 48 heavy (non-hydrogen) atoms. The summed E-state index contributed by atoms with van der Waals surface area (Å²) in [7, 11) is 0. The molecule has 0 saturated heterocycles. The summed E-state index contributed by atoms with van der Waals surface area (Å²) >= 11 is 0. The number of allylic oxidation sites excluding steroid dienone is 1. The number of ether oxygens (including phenoxy) is 2. The third-order valence-corrected chi connectivity index (χ3v) is 7.03. The lowest BCUT2D eigenvalue weighted by Gasteiger charge is -2.20. The molecule has 0 atom stereocenters. The summed E-state index contributed by atoms with van der Waals surface area (Å²) < 4.78 is 148. The van der Waals surface area contributed by atoms with Crippen LogP contribution in [0.1, 0.15) is 17.5 Å². The largest absolute Gasteiger partial charge is 0.573 e. The molecule has 0 amide bonds. The zero-order chi connectivity index (χ0) is 34.8. The molecule has 0 aliphatic carbocycles. The van der Waals surface area contributed by atoms with Crippen LogP contribution in [-0.2, 0) is 12.5 Å². The van der Waals surface area contributed by atoms with Crippen molar-refractivity contribution in [3.8, 4) is 45.0 Å². The second-order valence-corrected chi connectivity index (χ2v) is 10.3. The number of aryl methyl sites for hydroxylation is 1. The highest BCUT2D eigenvalue weighted by molar-refractivity contribution is 5.73. The molecule has 0 aliphatic rings. The zero-order valence-electron chi connectivity index (χ0n) is 24.3. The second kappa shape index (κ2) is 13.4. The van der Waals surface area contributed by atoms with Gasteiger partial charge in [0.25, 0.3) is 0 Å². The van der Waals surface area contributed by atoms with Gasteiger partial charge in [-0.3, -0.25) is 4.98 Å². The van der Waals surface area contributed by atoms with Crippen molar-refractivity contribution in [1.29, 1.82) is 0 Å². The summed E-state index contributed by atoms with van der Waals surface area (Å²) in [6.45, 7) is 3.67. The second-order valence-electron chi connectivity index (χ2n) is 10.3. The van der Waals surface area contributed by atoms with E-state index in [9.17, 15) is 35.1 Å². The van der Waals surface area contributed by atoms with Crippen molar-refractivity contribution < 1.29 is 53.4 Å². The van der Waals surface area contributed by atoms with Gasteiger partial charge in [0.1, 0.15) is 34.6 Å². The molecule has 248 valence electrons. The Hall–Kier alpha value is -5.33. The fourth-order valence-electron chi connectivity index (χ4n) is 4.80. The van der Waals surface area contributed by atoms with E-state index in [-0.39, 0.29) is 17.2 Å². The molecule has 0 fully saturated rings. The van der Waals surface area contributed by atoms with Crippen molar-refractivity contribution in [2.45, 2.75) is 25.3 Å². The SMILES string of the molecule is C=CCCc1ccc(-c2ccc(-c3ccc(-c4cc(F)c(C(F)(F)Oc5ccc(OC(F)(F)F)c(F)c5)c(F)c4)c(F)c3)c(F)c2)nc1. The monoisotopic (exact) mass is 677 g/mol. The smallest absolute Gasteiger partial charge is 0.429 e. The maximum Gasteiger partial charge on any atom is 0.573 e. The normalized spacial score (nSPS) is 11.8. The molecule has 3 nitrogen and oxygen atoms in total. The third kappa shape index (κ3) is 7.62. The average molecular weight is 678 g/mol. The average Bonchev–Trinajstić information content (AvgIpc) is 3.00. The molecule has 0 bridgehead atoms. The molecular formula is C35H21F10NO2. The Morgan fingerprint density at radius 3 is 1.79 bits per heavy atom. The molecule has 13 heteroatoms. The first kappa shape index (κ1) is 34.0. The summed E-state index contributed by atoms with van der Waals surface area (Å²) in [5.74, 6) is -9.69. The molecule has 0 aliphatic heterocycles. The highest BCUT2D eigenvalue weighted by Gasteiger charge is 2.42. The van der Waals surface area contributed by atoms with Crippen LogP contribution in [0.4, 0.5) is 43.9 Å². The Kier molecular flexibility index (Phi) is 9.51. The number of rotatable bonds is 10. The molecule has 0 radical (unpaired) electrons. The Labute approximate surface area is 266 Å². The van der Waals surface area contributed by atoms with Gasteiger partial charge in [0.05, 0.1) is 5.69 Å². The van der Waals surface area contributed by atoms with E-state index in [0.717, 1.165) is 30.5 Å². The van der Waals surface area contributed by atoms with Crippen LogP contribution in [0.3, 0.4) is 0 Å². The quantitative estimate of drug-likeness (QED) is 0.109. The van der Waals surface area contributed by atoms with Gasteiger partial charge in [-0.15, -0.1) is 19.8 Å². The molecule has 0 unspecified atom stereocenters. The number of benzene rings is 4. The third-order valence-electron chi connectivity index (χ3n) is 7.03. The van der Waals surface area contributed by atoms with Crippen molar-refractivity contribution in [3.63, 3.8) is 0 Å². The lowest BCUT2D eigenvalue weighted by Crippen LogP contribution is -2.25. The lowest BCUT2D eigenvalue weighted by molar-refractivity contribution is -0.275. The first-order valence-electron chi connectivity index (χ1n) is 13.9. The number of alkyl halides is 5. The van der Waals surface area contributed by atoms with Crippen molar-refractivity contribution in [1.82, 2.24) is 4.98 Å². The summed E-state index contributed by atoms with van der Waals surface area (Å²) in [5, 5.41) is 0. The lowest BCUT2D eigenvalue weighted by atomic mass is 9.97. The van der Waals surface area contributed by atoms with Gasteiger partial charge in [-0.05, 0) is 72.0 Å². The molecule has 0 saturated carbocycles. The predicted molar refractivity (Wildman–Crippen MR) is 156 cm³/mol. The molecule has 0 N–H and O–H groups in total. The van der Waals surface area contributed by atoms with Crippen LogP contribution >= 0.6 is 0 Å². The Balaban J connectivity index is 1.36. The number of hydrogen-bond acceptors (Lipinski definition) is 3. The van der Waals surface area contributed by atoms with Gasteiger partial charge in [0.2, 0.25) is 0 Å². The van der Waals surface area contributed by atoms with Crippen LogP contribution in [0.5, 0.6) is 11.5 Å². The Morgan fingerprint density at radius 1 is 0.625 bits per heavy atom. The topological polar surface area (TPSA) is 31.4 Å². The maximum atomic E-state index is 15.2. The van der Waals surface area contributed by atoms with Crippen LogP contribution < -0.4 is 9.47 Å². The molecule has 5 rings (SSSR count). The van der Waals surface area contributed by atoms with Gasteiger partial charge in [-0.1, -0.05) is 36.4 Å². The van der Waals surface area contributed by atoms with Crippen molar-refractivity contribution in [3.05, 3.63) is 138 Å². The van der Waals surface area contributed by atoms with E-state index in [1.807, 2.05) is 6.07 Å². The van der Waals surface area contributed by atoms with Crippen molar-refractivity contribution >= 4 is 0 Å². The van der Waals surface area contributed by atoms with Gasteiger partial charge in [-0.25, -0.2) is 22.0 Å². The minimum absolute atomic E-state index is 0.00532. The van der Waals surface area contributed by atoms with Gasteiger partial charge >= 0.3 is 12.5 Å². The van der Waals surface area contributed by atoms with E-state index in [0.29, 0.717) is 35.5 Å². The standard InChI is InChI=1S/C35H21F10NO2/c1-2-3-4-19-5-11-31(46-18-19)21-7-10-24(27(37)14-21)20-6-9-25(26(36)13-20)22-15-29(39)33(30(40)16-22)34(41,42)47-23-8-12-32(28(38)17-23)48-35(43,44)45/h2,5-18H,1,3-4H2. The summed E-state index contributed by atoms with van der Waals surface area (Å²) in [6.07, 6.45) is -5.09. The molecular weight excluding hydrogens is 656 g/mol. The number of aromatic nitrogens is 1. The summed E-state index contributed by atoms with van der Waals surface area (Å²) in [4.78, 5) is 4.35. The Morgan fingerprint density at radius 2 is 1.23 bits per heavy atom. The molecule has 0 spiro atoms. The predicted octanol–water partition coefficient (Wildman–Crippen LogP) is 10.9. The van der Waals surface area contributed by atoms with E-state index in [1.165, 1.54) is 18.2 Å². The van der Waals surface area contributed by atoms with Gasteiger partial charge in [-0.2, -0.15) is 8.78 Å². The first-order valence-corrected chi connectivity index (χ1v) is 13.9. The fourth-order valence-corrected chi connectivity index (χ4v) is 4.80. The summed E-state index contributed by atoms with van der Waals surface area (Å²) in [6, 6.07) is 12.8. The van der Waals surface area contributed by atoms with Crippen LogP contribution in [0, 0.1) is 29.1 Å². The van der Waals surface area contributed by atoms with Gasteiger partial charge in [0.15, 0.2) is 11.6 Å². The minimum atomic E-state index is -5.28. The molecule has 5 aromatic rings. The Bertz CT molecular complexity index is 1950. The van der Waals surface area contributed by atoms with Gasteiger partial charge < -0.3 is 9.47 Å².